The number of hydrogen-bond donors (Lipinski definition) is 0. The molecule has 1 fully saturated rings. The van der Waals surface area contributed by atoms with Crippen molar-refractivity contribution in [3.05, 3.63) is 29.8 Å². The van der Waals surface area contributed by atoms with Gasteiger partial charge in [0.2, 0.25) is 0 Å². The van der Waals surface area contributed by atoms with Crippen molar-refractivity contribution >= 4 is 0 Å². The fourth-order valence-corrected chi connectivity index (χ4v) is 3.11. The molecule has 5 nitrogen and oxygen atoms in total. The second kappa shape index (κ2) is 7.04. The first-order valence-corrected chi connectivity index (χ1v) is 8.03. The molecular formula is C19H18N4O. The predicted molar refractivity (Wildman–Crippen MR) is 86.1 cm³/mol. The van der Waals surface area contributed by atoms with Crippen LogP contribution >= 0.6 is 0 Å². The Morgan fingerprint density at radius 3 is 1.88 bits per heavy atom. The fraction of sp³-hybridized carbons (Fsp3) is 0.474. The van der Waals surface area contributed by atoms with Gasteiger partial charge in [0.15, 0.2) is 10.8 Å². The summed E-state index contributed by atoms with van der Waals surface area (Å²) in [5.41, 5.74) is -2.56. The highest BCUT2D eigenvalue weighted by molar-refractivity contribution is 5.59. The third-order valence-corrected chi connectivity index (χ3v) is 4.59. The highest BCUT2D eigenvalue weighted by Gasteiger charge is 2.81. The lowest BCUT2D eigenvalue weighted by Gasteiger charge is -2.07. The normalized spacial score (nSPS) is 16.9. The van der Waals surface area contributed by atoms with Crippen molar-refractivity contribution in [2.75, 3.05) is 6.61 Å². The number of nitriles is 4. The Morgan fingerprint density at radius 1 is 0.875 bits per heavy atom. The van der Waals surface area contributed by atoms with Crippen molar-refractivity contribution < 1.29 is 4.74 Å². The van der Waals surface area contributed by atoms with E-state index in [9.17, 15) is 21.0 Å². The summed E-state index contributed by atoms with van der Waals surface area (Å²) in [5, 5.41) is 37.3. The molecule has 0 unspecified atom stereocenters. The maximum atomic E-state index is 9.33. The smallest absolute Gasteiger partial charge is 0.185 e. The van der Waals surface area contributed by atoms with Gasteiger partial charge >= 0.3 is 0 Å². The second-order valence-corrected chi connectivity index (χ2v) is 5.97. The van der Waals surface area contributed by atoms with Crippen LogP contribution in [-0.2, 0) is 0 Å². The minimum absolute atomic E-state index is 0.638. The Hall–Kier alpha value is -3.02. The van der Waals surface area contributed by atoms with Gasteiger partial charge in [-0.3, -0.25) is 0 Å². The third kappa shape index (κ3) is 2.56. The molecule has 1 saturated carbocycles. The summed E-state index contributed by atoms with van der Waals surface area (Å²) in [5.74, 6) is -0.0106. The van der Waals surface area contributed by atoms with Crippen LogP contribution in [0.1, 0.15) is 44.1 Å². The van der Waals surface area contributed by atoms with Crippen LogP contribution in [0.25, 0.3) is 0 Å². The van der Waals surface area contributed by atoms with Gasteiger partial charge < -0.3 is 4.74 Å². The van der Waals surface area contributed by atoms with E-state index in [4.69, 9.17) is 4.74 Å². The summed E-state index contributed by atoms with van der Waals surface area (Å²) in [4.78, 5) is 0. The first-order chi connectivity index (χ1) is 11.7. The highest BCUT2D eigenvalue weighted by Crippen LogP contribution is 2.73. The van der Waals surface area contributed by atoms with E-state index >= 15 is 0 Å². The molecule has 0 amide bonds. The van der Waals surface area contributed by atoms with Crippen molar-refractivity contribution in [1.29, 1.82) is 21.0 Å². The highest BCUT2D eigenvalue weighted by atomic mass is 16.5. The van der Waals surface area contributed by atoms with Crippen molar-refractivity contribution in [3.8, 4) is 30.0 Å². The molecule has 1 aromatic rings. The zero-order valence-corrected chi connectivity index (χ0v) is 13.6. The lowest BCUT2D eigenvalue weighted by Crippen LogP contribution is -2.05. The molecule has 0 bridgehead atoms. The standard InChI is InChI=1S/C19H18N4O/c1-2-3-4-5-10-24-16-8-6-15(7-9-16)17-18(11-20,12-21)19(17,13-22)14-23/h6-9,17H,2-5,10H2,1H3. The molecule has 24 heavy (non-hydrogen) atoms. The van der Waals surface area contributed by atoms with Crippen LogP contribution in [-0.4, -0.2) is 6.61 Å². The zero-order chi connectivity index (χ0) is 17.6. The number of benzene rings is 1. The van der Waals surface area contributed by atoms with E-state index in [1.54, 1.807) is 24.3 Å². The summed E-state index contributed by atoms with van der Waals surface area (Å²) >= 11 is 0. The SMILES string of the molecule is CCCCCCOc1ccc(C2C(C#N)(C#N)C2(C#N)C#N)cc1. The first kappa shape index (κ1) is 17.3. The van der Waals surface area contributed by atoms with Crippen LogP contribution in [0, 0.1) is 56.2 Å². The summed E-state index contributed by atoms with van der Waals surface area (Å²) in [6, 6.07) is 14.5. The maximum absolute atomic E-state index is 9.33. The van der Waals surface area contributed by atoms with Crippen molar-refractivity contribution in [1.82, 2.24) is 0 Å². The molecule has 0 N–H and O–H groups in total. The van der Waals surface area contributed by atoms with Gasteiger partial charge in [-0.05, 0) is 24.1 Å². The molecule has 0 aromatic heterocycles. The van der Waals surface area contributed by atoms with Crippen LogP contribution in [0.5, 0.6) is 5.75 Å². The molecule has 0 saturated heterocycles. The average molecular weight is 318 g/mol. The maximum Gasteiger partial charge on any atom is 0.185 e. The summed E-state index contributed by atoms with van der Waals surface area (Å²) < 4.78 is 5.66. The van der Waals surface area contributed by atoms with Crippen molar-refractivity contribution in [2.24, 2.45) is 10.8 Å². The number of hydrogen-bond acceptors (Lipinski definition) is 5. The summed E-state index contributed by atoms with van der Waals surface area (Å²) in [7, 11) is 0. The fourth-order valence-electron chi connectivity index (χ4n) is 3.11. The Balaban J connectivity index is 2.10. The first-order valence-electron chi connectivity index (χ1n) is 8.03. The number of unbranched alkanes of at least 4 members (excludes halogenated alkanes) is 3. The summed E-state index contributed by atoms with van der Waals surface area (Å²) in [6.45, 7) is 2.80. The molecule has 1 aliphatic rings. The Bertz CT molecular complexity index is 689. The number of ether oxygens (including phenoxy) is 1. The van der Waals surface area contributed by atoms with E-state index < -0.39 is 16.7 Å². The summed E-state index contributed by atoms with van der Waals surface area (Å²) in [6.07, 6.45) is 4.50. The van der Waals surface area contributed by atoms with Crippen molar-refractivity contribution in [3.63, 3.8) is 0 Å². The van der Waals surface area contributed by atoms with Gasteiger partial charge in [-0.2, -0.15) is 21.0 Å². The van der Waals surface area contributed by atoms with Gasteiger partial charge in [0.05, 0.1) is 36.8 Å². The number of rotatable bonds is 7. The van der Waals surface area contributed by atoms with Crippen LogP contribution in [0.15, 0.2) is 24.3 Å². The van der Waals surface area contributed by atoms with Gasteiger partial charge in [-0.15, -0.1) is 0 Å². The van der Waals surface area contributed by atoms with E-state index in [0.717, 1.165) is 12.8 Å². The third-order valence-electron chi connectivity index (χ3n) is 4.59. The molecule has 1 aromatic carbocycles. The Kier molecular flexibility index (Phi) is 5.08. The van der Waals surface area contributed by atoms with Gasteiger partial charge in [0, 0.05) is 0 Å². The van der Waals surface area contributed by atoms with Gasteiger partial charge in [-0.1, -0.05) is 38.3 Å². The van der Waals surface area contributed by atoms with E-state index in [1.165, 1.54) is 12.8 Å². The largest absolute Gasteiger partial charge is 0.494 e. The second-order valence-electron chi connectivity index (χ2n) is 5.97. The van der Waals surface area contributed by atoms with Crippen LogP contribution in [0.2, 0.25) is 0 Å². The lowest BCUT2D eigenvalue weighted by atomic mass is 9.98. The predicted octanol–water partition coefficient (Wildman–Crippen LogP) is 3.81. The Labute approximate surface area is 142 Å². The molecule has 0 heterocycles. The Morgan fingerprint density at radius 2 is 1.42 bits per heavy atom. The van der Waals surface area contributed by atoms with Gasteiger partial charge in [-0.25, -0.2) is 0 Å². The van der Waals surface area contributed by atoms with E-state index in [-0.39, 0.29) is 0 Å². The minimum Gasteiger partial charge on any atom is -0.494 e. The van der Waals surface area contributed by atoms with E-state index in [1.807, 2.05) is 24.3 Å². The number of nitrogens with zero attached hydrogens (tertiary/aromatic N) is 4. The average Bonchev–Trinajstić information content (AvgIpc) is 3.24. The van der Waals surface area contributed by atoms with E-state index in [0.29, 0.717) is 17.9 Å². The molecule has 2 rings (SSSR count). The monoisotopic (exact) mass is 318 g/mol. The van der Waals surface area contributed by atoms with Crippen LogP contribution in [0.3, 0.4) is 0 Å². The molecule has 0 aliphatic heterocycles. The van der Waals surface area contributed by atoms with Crippen LogP contribution in [0.4, 0.5) is 0 Å². The lowest BCUT2D eigenvalue weighted by molar-refractivity contribution is 0.305. The molecule has 0 atom stereocenters. The van der Waals surface area contributed by atoms with E-state index in [2.05, 4.69) is 6.92 Å². The molecule has 5 heteroatoms. The molecule has 120 valence electrons. The molecule has 1 aliphatic carbocycles. The minimum atomic E-state index is -1.60. The topological polar surface area (TPSA) is 104 Å². The van der Waals surface area contributed by atoms with Gasteiger partial charge in [0.1, 0.15) is 5.75 Å². The van der Waals surface area contributed by atoms with Crippen LogP contribution < -0.4 is 4.74 Å². The van der Waals surface area contributed by atoms with Crippen molar-refractivity contribution in [2.45, 2.75) is 38.5 Å². The molecule has 0 spiro atoms. The van der Waals surface area contributed by atoms with Gasteiger partial charge in [0.25, 0.3) is 0 Å². The molecule has 0 radical (unpaired) electrons. The molecular weight excluding hydrogens is 300 g/mol. The zero-order valence-electron chi connectivity index (χ0n) is 13.6. The quantitative estimate of drug-likeness (QED) is 0.711.